The first-order valence-electron chi connectivity index (χ1n) is 1.53. The Morgan fingerprint density at radius 2 is 2.00 bits per heavy atom. The highest BCUT2D eigenvalue weighted by Gasteiger charge is 2.11. The van der Waals surface area contributed by atoms with Gasteiger partial charge in [-0.25, -0.2) is 3.97 Å². The zero-order valence-corrected chi connectivity index (χ0v) is 6.95. The lowest BCUT2D eigenvalue weighted by atomic mass is 15.8. The molecule has 0 radical (unpaired) electrons. The molecule has 0 amide bonds. The minimum absolute atomic E-state index is 1.37. The lowest BCUT2D eigenvalue weighted by molar-refractivity contribution is 0.371. The second kappa shape index (κ2) is 3.61. The molecule has 0 aromatic rings. The summed E-state index contributed by atoms with van der Waals surface area (Å²) in [6, 6.07) is 0. The van der Waals surface area contributed by atoms with Crippen LogP contribution in [0, 0.1) is 0 Å². The Morgan fingerprint density at radius 3 is 2.11 bits per heavy atom. The average molecular weight is 194 g/mol. The Balaban J connectivity index is 4.06. The van der Waals surface area contributed by atoms with Crippen LogP contribution in [-0.2, 0) is 22.9 Å². The van der Waals surface area contributed by atoms with E-state index in [-0.39, 0.29) is 0 Å². The third-order valence-corrected chi connectivity index (χ3v) is 2.62. The molecule has 2 atom stereocenters. The van der Waals surface area contributed by atoms with Crippen molar-refractivity contribution in [2.45, 2.75) is 0 Å². The molecule has 0 rings (SSSR count). The Hall–Kier alpha value is 0.490. The molecule has 6 nitrogen and oxygen atoms in total. The smallest absolute Gasteiger partial charge is 0.326 e. The van der Waals surface area contributed by atoms with Gasteiger partial charge in [-0.05, 0) is 0 Å². The van der Waals surface area contributed by atoms with Gasteiger partial charge >= 0.3 is 18.7 Å². The van der Waals surface area contributed by atoms with Crippen molar-refractivity contribution in [3.63, 3.8) is 0 Å². The largest absolute Gasteiger partial charge is 0.409 e. The van der Waals surface area contributed by atoms with Crippen LogP contribution in [0.4, 0.5) is 0 Å². The third-order valence-electron chi connectivity index (χ3n) is 0.291. The van der Waals surface area contributed by atoms with Gasteiger partial charge in [0, 0.05) is 9.47 Å². The van der Waals surface area contributed by atoms with E-state index < -0.39 is 18.7 Å². The zero-order valence-electron chi connectivity index (χ0n) is 3.97. The maximum atomic E-state index is 10.0. The van der Waals surface area contributed by atoms with Crippen molar-refractivity contribution in [3.8, 4) is 0 Å². The Labute approximate surface area is 54.7 Å². The molecule has 0 bridgehead atoms. The van der Waals surface area contributed by atoms with Crippen molar-refractivity contribution in [1.82, 2.24) is 0 Å². The Bertz CT molecular complexity index is 189. The SMILES string of the molecule is O=[PH](O)OS(=O)(=O)OP. The average Bonchev–Trinajstić information content (AvgIpc) is 1.63. The summed E-state index contributed by atoms with van der Waals surface area (Å²) >= 11 is 0. The Kier molecular flexibility index (Phi) is 3.80. The molecule has 0 aliphatic rings. The summed E-state index contributed by atoms with van der Waals surface area (Å²) in [5, 5.41) is 0. The monoisotopic (exact) mass is 194 g/mol. The quantitative estimate of drug-likeness (QED) is 0.605. The van der Waals surface area contributed by atoms with Crippen molar-refractivity contribution in [3.05, 3.63) is 0 Å². The second-order valence-corrected chi connectivity index (χ2v) is 3.64. The topological polar surface area (TPSA) is 89.9 Å². The van der Waals surface area contributed by atoms with E-state index in [1.165, 1.54) is 9.47 Å². The van der Waals surface area contributed by atoms with Crippen LogP contribution < -0.4 is 0 Å². The lowest BCUT2D eigenvalue weighted by Crippen LogP contribution is -1.97. The predicted molar refractivity (Wildman–Crippen MR) is 32.0 cm³/mol. The normalized spacial score (nSPS) is 15.3. The number of rotatable bonds is 3. The number of hydrogen-bond donors (Lipinski definition) is 1. The summed E-state index contributed by atoms with van der Waals surface area (Å²) in [6.07, 6.45) is 0. The number of hydrogen-bond acceptors (Lipinski definition) is 5. The van der Waals surface area contributed by atoms with E-state index in [0.717, 1.165) is 0 Å². The molecule has 0 aromatic heterocycles. The highest BCUT2D eigenvalue weighted by Crippen LogP contribution is 2.20. The van der Waals surface area contributed by atoms with Crippen LogP contribution >= 0.6 is 17.7 Å². The fourth-order valence-corrected chi connectivity index (χ4v) is 1.32. The molecule has 0 saturated heterocycles. The van der Waals surface area contributed by atoms with Gasteiger partial charge in [-0.3, -0.25) is 4.57 Å². The van der Waals surface area contributed by atoms with Crippen LogP contribution in [0.25, 0.3) is 0 Å². The lowest BCUT2D eigenvalue weighted by Gasteiger charge is -1.94. The predicted octanol–water partition coefficient (Wildman–Crippen LogP) is -0.564. The van der Waals surface area contributed by atoms with Crippen LogP contribution in [0.3, 0.4) is 0 Å². The van der Waals surface area contributed by atoms with E-state index in [9.17, 15) is 13.0 Å². The first-order valence-corrected chi connectivity index (χ1v) is 4.60. The van der Waals surface area contributed by atoms with Gasteiger partial charge in [-0.1, -0.05) is 0 Å². The van der Waals surface area contributed by atoms with Gasteiger partial charge in [0.1, 0.15) is 0 Å². The van der Waals surface area contributed by atoms with E-state index in [1.807, 2.05) is 0 Å². The van der Waals surface area contributed by atoms with Crippen LogP contribution in [0.1, 0.15) is 0 Å². The third kappa shape index (κ3) is 4.96. The van der Waals surface area contributed by atoms with Crippen molar-refractivity contribution in [2.75, 3.05) is 0 Å². The summed E-state index contributed by atoms with van der Waals surface area (Å²) in [6.45, 7) is 0. The molecule has 0 aromatic carbocycles. The molecule has 0 aliphatic carbocycles. The van der Waals surface area contributed by atoms with E-state index >= 15 is 0 Å². The van der Waals surface area contributed by atoms with Crippen molar-refractivity contribution in [1.29, 1.82) is 0 Å². The van der Waals surface area contributed by atoms with E-state index in [2.05, 4.69) is 7.94 Å². The van der Waals surface area contributed by atoms with E-state index in [4.69, 9.17) is 4.89 Å². The summed E-state index contributed by atoms with van der Waals surface area (Å²) in [7, 11) is -6.39. The summed E-state index contributed by atoms with van der Waals surface area (Å²) < 4.78 is 36.7. The molecule has 0 saturated carbocycles. The maximum Gasteiger partial charge on any atom is 0.409 e. The van der Waals surface area contributed by atoms with Gasteiger partial charge in [-0.2, -0.15) is 12.4 Å². The Morgan fingerprint density at radius 1 is 1.56 bits per heavy atom. The molecule has 9 heteroatoms. The highest BCUT2D eigenvalue weighted by atomic mass is 32.3. The van der Waals surface area contributed by atoms with Gasteiger partial charge in [0.25, 0.3) is 0 Å². The molecule has 9 heavy (non-hydrogen) atoms. The molecule has 1 N–H and O–H groups in total. The molecule has 0 aliphatic heterocycles. The first-order chi connectivity index (χ1) is 3.98. The van der Waals surface area contributed by atoms with Gasteiger partial charge in [0.2, 0.25) is 0 Å². The van der Waals surface area contributed by atoms with Crippen LogP contribution in [-0.4, -0.2) is 13.3 Å². The molecule has 56 valence electrons. The summed E-state index contributed by atoms with van der Waals surface area (Å²) in [5.74, 6) is 0. The fraction of sp³-hybridized carbons (Fsp3) is 0. The molecular weight excluding hydrogens is 190 g/mol. The summed E-state index contributed by atoms with van der Waals surface area (Å²) in [5.41, 5.74) is 0. The van der Waals surface area contributed by atoms with E-state index in [0.29, 0.717) is 0 Å². The minimum atomic E-state index is -4.27. The van der Waals surface area contributed by atoms with Gasteiger partial charge in [-0.15, -0.1) is 0 Å². The van der Waals surface area contributed by atoms with Gasteiger partial charge in [0.15, 0.2) is 0 Å². The molecule has 0 fully saturated rings. The molecule has 0 heterocycles. The standard InChI is InChI=1S/H4O6P2S/c1-8(2)6-9(3,4)5-7/h8H,7H2,(H,1,2). The highest BCUT2D eigenvalue weighted by molar-refractivity contribution is 7.87. The fourth-order valence-electron chi connectivity index (χ4n) is 0.107. The molecular formula is H4O6P2S. The zero-order chi connectivity index (χ0) is 7.49. The van der Waals surface area contributed by atoms with Crippen molar-refractivity contribution >= 4 is 28.1 Å². The molecule has 0 spiro atoms. The van der Waals surface area contributed by atoms with Crippen LogP contribution in [0.5, 0.6) is 0 Å². The van der Waals surface area contributed by atoms with Crippen LogP contribution in [0.15, 0.2) is 0 Å². The second-order valence-electron chi connectivity index (χ2n) is 0.854. The van der Waals surface area contributed by atoms with Gasteiger partial charge < -0.3 is 4.89 Å². The van der Waals surface area contributed by atoms with Crippen molar-refractivity contribution < 1.29 is 25.8 Å². The van der Waals surface area contributed by atoms with Crippen molar-refractivity contribution in [2.24, 2.45) is 0 Å². The van der Waals surface area contributed by atoms with Gasteiger partial charge in [0.05, 0.1) is 0 Å². The molecule has 2 unspecified atom stereocenters. The first kappa shape index (κ1) is 9.49. The van der Waals surface area contributed by atoms with Crippen LogP contribution in [0.2, 0.25) is 0 Å². The van der Waals surface area contributed by atoms with E-state index in [1.54, 1.807) is 0 Å². The maximum absolute atomic E-state index is 10.0. The minimum Gasteiger partial charge on any atom is -0.326 e. The summed E-state index contributed by atoms with van der Waals surface area (Å²) in [4.78, 5) is 7.87.